The lowest BCUT2D eigenvalue weighted by Gasteiger charge is -2.35. The molecule has 0 bridgehead atoms. The van der Waals surface area contributed by atoms with E-state index in [0.717, 1.165) is 12.8 Å². The van der Waals surface area contributed by atoms with Gasteiger partial charge < -0.3 is 4.74 Å². The summed E-state index contributed by atoms with van der Waals surface area (Å²) in [6, 6.07) is 0.253. The Morgan fingerprint density at radius 2 is 1.61 bits per heavy atom. The summed E-state index contributed by atoms with van der Waals surface area (Å²) in [5.74, 6) is 5.66. The largest absolute Gasteiger partial charge is 0.377 e. The number of hydrogen-bond donors (Lipinski definition) is 2. The van der Waals surface area contributed by atoms with Crippen molar-refractivity contribution in [3.05, 3.63) is 0 Å². The molecule has 0 rings (SSSR count). The Morgan fingerprint density at radius 1 is 1.06 bits per heavy atom. The SMILES string of the molecule is CCCCCCCCCC(NN)C(C)(CC)OC. The molecule has 0 amide bonds. The molecule has 0 saturated carbocycles. The molecule has 0 aliphatic heterocycles. The Labute approximate surface area is 114 Å². The van der Waals surface area contributed by atoms with Gasteiger partial charge in [0, 0.05) is 13.2 Å². The van der Waals surface area contributed by atoms with Crippen LogP contribution in [0.5, 0.6) is 0 Å². The van der Waals surface area contributed by atoms with E-state index < -0.39 is 0 Å². The first kappa shape index (κ1) is 17.9. The zero-order valence-electron chi connectivity index (χ0n) is 12.9. The topological polar surface area (TPSA) is 47.3 Å². The van der Waals surface area contributed by atoms with Gasteiger partial charge in [0.2, 0.25) is 0 Å². The Balaban J connectivity index is 3.74. The van der Waals surface area contributed by atoms with Crippen LogP contribution in [0.3, 0.4) is 0 Å². The summed E-state index contributed by atoms with van der Waals surface area (Å²) in [6.07, 6.45) is 11.5. The Bertz CT molecular complexity index is 181. The molecule has 0 aliphatic carbocycles. The molecular formula is C15H34N2O. The summed E-state index contributed by atoms with van der Waals surface area (Å²) < 4.78 is 5.61. The zero-order chi connectivity index (χ0) is 13.9. The van der Waals surface area contributed by atoms with E-state index >= 15 is 0 Å². The van der Waals surface area contributed by atoms with Gasteiger partial charge in [-0.05, 0) is 19.8 Å². The van der Waals surface area contributed by atoms with E-state index in [4.69, 9.17) is 10.6 Å². The van der Waals surface area contributed by atoms with Gasteiger partial charge in [0.1, 0.15) is 0 Å². The molecule has 3 N–H and O–H groups in total. The minimum atomic E-state index is -0.142. The molecule has 0 fully saturated rings. The summed E-state index contributed by atoms with van der Waals surface area (Å²) in [5, 5.41) is 0. The summed E-state index contributed by atoms with van der Waals surface area (Å²) in [4.78, 5) is 0. The maximum Gasteiger partial charge on any atom is 0.0813 e. The van der Waals surface area contributed by atoms with Gasteiger partial charge in [0.05, 0.1) is 5.60 Å². The Hall–Kier alpha value is -0.120. The van der Waals surface area contributed by atoms with Crippen LogP contribution in [0.4, 0.5) is 0 Å². The first-order valence-corrected chi connectivity index (χ1v) is 7.65. The van der Waals surface area contributed by atoms with E-state index in [9.17, 15) is 0 Å². The lowest BCUT2D eigenvalue weighted by atomic mass is 9.89. The average Bonchev–Trinajstić information content (AvgIpc) is 2.41. The monoisotopic (exact) mass is 258 g/mol. The molecule has 2 atom stereocenters. The third-order valence-electron chi connectivity index (χ3n) is 4.20. The molecule has 0 aliphatic rings. The van der Waals surface area contributed by atoms with Crippen LogP contribution in [-0.2, 0) is 4.74 Å². The number of nitrogens with two attached hydrogens (primary N) is 1. The highest BCUT2D eigenvalue weighted by Crippen LogP contribution is 2.23. The van der Waals surface area contributed by atoms with E-state index in [2.05, 4.69) is 26.2 Å². The van der Waals surface area contributed by atoms with Crippen LogP contribution in [-0.4, -0.2) is 18.8 Å². The third-order valence-corrected chi connectivity index (χ3v) is 4.20. The number of hydrogen-bond acceptors (Lipinski definition) is 3. The van der Waals surface area contributed by atoms with E-state index in [-0.39, 0.29) is 11.6 Å². The number of ether oxygens (including phenoxy) is 1. The predicted octanol–water partition coefficient (Wildman–Crippen LogP) is 3.77. The van der Waals surface area contributed by atoms with Gasteiger partial charge in [-0.3, -0.25) is 11.3 Å². The van der Waals surface area contributed by atoms with Gasteiger partial charge in [0.25, 0.3) is 0 Å². The Morgan fingerprint density at radius 3 is 2.06 bits per heavy atom. The van der Waals surface area contributed by atoms with Crippen molar-refractivity contribution in [1.82, 2.24) is 5.43 Å². The van der Waals surface area contributed by atoms with Crippen LogP contribution in [0, 0.1) is 0 Å². The summed E-state index contributed by atoms with van der Waals surface area (Å²) in [6.45, 7) is 6.55. The first-order chi connectivity index (χ1) is 8.64. The fourth-order valence-corrected chi connectivity index (χ4v) is 2.40. The van der Waals surface area contributed by atoms with Gasteiger partial charge in [0.15, 0.2) is 0 Å². The van der Waals surface area contributed by atoms with E-state index in [1.807, 2.05) is 0 Å². The minimum absolute atomic E-state index is 0.142. The second-order valence-corrected chi connectivity index (χ2v) is 5.50. The molecule has 0 spiro atoms. The van der Waals surface area contributed by atoms with Gasteiger partial charge in [-0.15, -0.1) is 0 Å². The molecule has 3 nitrogen and oxygen atoms in total. The lowest BCUT2D eigenvalue weighted by Crippen LogP contribution is -2.52. The molecule has 0 aromatic carbocycles. The summed E-state index contributed by atoms with van der Waals surface area (Å²) >= 11 is 0. The Kier molecular flexibility index (Phi) is 10.7. The molecule has 0 aromatic heterocycles. The number of hydrazine groups is 1. The second-order valence-electron chi connectivity index (χ2n) is 5.50. The van der Waals surface area contributed by atoms with Crippen molar-refractivity contribution < 1.29 is 4.74 Å². The second kappa shape index (κ2) is 10.8. The van der Waals surface area contributed by atoms with Gasteiger partial charge in [-0.1, -0.05) is 58.8 Å². The molecule has 110 valence electrons. The highest BCUT2D eigenvalue weighted by atomic mass is 16.5. The normalized spacial score (nSPS) is 16.5. The lowest BCUT2D eigenvalue weighted by molar-refractivity contribution is -0.0317. The van der Waals surface area contributed by atoms with Crippen molar-refractivity contribution in [2.45, 2.75) is 90.2 Å². The third kappa shape index (κ3) is 6.72. The van der Waals surface area contributed by atoms with Gasteiger partial charge in [-0.2, -0.15) is 0 Å². The number of nitrogens with one attached hydrogen (secondary N) is 1. The van der Waals surface area contributed by atoms with Crippen LogP contribution in [0.1, 0.15) is 78.6 Å². The van der Waals surface area contributed by atoms with E-state index in [1.54, 1.807) is 7.11 Å². The van der Waals surface area contributed by atoms with Crippen LogP contribution in [0.2, 0.25) is 0 Å². The van der Waals surface area contributed by atoms with Crippen molar-refractivity contribution in [3.63, 3.8) is 0 Å². The van der Waals surface area contributed by atoms with Gasteiger partial charge in [-0.25, -0.2) is 0 Å². The van der Waals surface area contributed by atoms with Gasteiger partial charge >= 0.3 is 0 Å². The fourth-order valence-electron chi connectivity index (χ4n) is 2.40. The van der Waals surface area contributed by atoms with Crippen molar-refractivity contribution in [3.8, 4) is 0 Å². The number of rotatable bonds is 12. The van der Waals surface area contributed by atoms with Crippen LogP contribution in [0.25, 0.3) is 0 Å². The standard InChI is InChI=1S/C15H34N2O/c1-5-7-8-9-10-11-12-13-14(17-16)15(3,6-2)18-4/h14,17H,5-13,16H2,1-4H3. The van der Waals surface area contributed by atoms with Crippen LogP contribution in [0.15, 0.2) is 0 Å². The molecule has 0 heterocycles. The zero-order valence-corrected chi connectivity index (χ0v) is 12.9. The highest BCUT2D eigenvalue weighted by Gasteiger charge is 2.31. The maximum absolute atomic E-state index is 5.66. The molecular weight excluding hydrogens is 224 g/mol. The van der Waals surface area contributed by atoms with Crippen molar-refractivity contribution in [1.29, 1.82) is 0 Å². The molecule has 0 aromatic rings. The molecule has 18 heavy (non-hydrogen) atoms. The first-order valence-electron chi connectivity index (χ1n) is 7.65. The minimum Gasteiger partial charge on any atom is -0.377 e. The number of unbranched alkanes of at least 4 members (excludes halogenated alkanes) is 6. The molecule has 3 heteroatoms. The molecule has 2 unspecified atom stereocenters. The predicted molar refractivity (Wildman–Crippen MR) is 79.4 cm³/mol. The van der Waals surface area contributed by atoms with Crippen LogP contribution >= 0.6 is 0 Å². The number of methoxy groups -OCH3 is 1. The summed E-state index contributed by atoms with van der Waals surface area (Å²) in [7, 11) is 1.78. The van der Waals surface area contributed by atoms with E-state index in [1.165, 1.54) is 44.9 Å². The quantitative estimate of drug-likeness (QED) is 0.318. The van der Waals surface area contributed by atoms with Crippen molar-refractivity contribution in [2.24, 2.45) is 5.84 Å². The maximum atomic E-state index is 5.66. The fraction of sp³-hybridized carbons (Fsp3) is 1.00. The van der Waals surface area contributed by atoms with Crippen LogP contribution < -0.4 is 11.3 Å². The molecule has 0 saturated heterocycles. The summed E-state index contributed by atoms with van der Waals surface area (Å²) in [5.41, 5.74) is 2.79. The smallest absolute Gasteiger partial charge is 0.0813 e. The molecule has 0 radical (unpaired) electrons. The van der Waals surface area contributed by atoms with E-state index in [0.29, 0.717) is 0 Å². The van der Waals surface area contributed by atoms with Crippen molar-refractivity contribution >= 4 is 0 Å². The van der Waals surface area contributed by atoms with Crippen molar-refractivity contribution in [2.75, 3.05) is 7.11 Å². The average molecular weight is 258 g/mol. The highest BCUT2D eigenvalue weighted by molar-refractivity contribution is 4.86.